The van der Waals surface area contributed by atoms with Gasteiger partial charge in [0.25, 0.3) is 5.91 Å². The van der Waals surface area contributed by atoms with Gasteiger partial charge >= 0.3 is 6.18 Å². The lowest BCUT2D eigenvalue weighted by atomic mass is 10.1. The number of carbonyl (C=O) groups excluding carboxylic acids is 1. The van der Waals surface area contributed by atoms with Gasteiger partial charge in [-0.2, -0.15) is 13.2 Å². The van der Waals surface area contributed by atoms with Gasteiger partial charge in [-0.3, -0.25) is 4.79 Å². The molecule has 0 heterocycles. The van der Waals surface area contributed by atoms with Crippen LogP contribution in [0.5, 0.6) is 5.75 Å². The summed E-state index contributed by atoms with van der Waals surface area (Å²) in [4.78, 5) is 12.1. The Morgan fingerprint density at radius 1 is 1.04 bits per heavy atom. The van der Waals surface area contributed by atoms with Crippen molar-refractivity contribution in [3.63, 3.8) is 0 Å². The molecule has 0 aromatic heterocycles. The first-order chi connectivity index (χ1) is 11.4. The van der Waals surface area contributed by atoms with Crippen LogP contribution in [0.2, 0.25) is 0 Å². The van der Waals surface area contributed by atoms with E-state index < -0.39 is 23.2 Å². The van der Waals surface area contributed by atoms with Crippen molar-refractivity contribution < 1.29 is 27.4 Å². The second kappa shape index (κ2) is 7.83. The van der Waals surface area contributed by atoms with E-state index in [4.69, 9.17) is 9.47 Å². The summed E-state index contributed by atoms with van der Waals surface area (Å²) in [6.07, 6.45) is -4.59. The van der Waals surface area contributed by atoms with E-state index in [0.29, 0.717) is 24.7 Å². The highest BCUT2D eigenvalue weighted by molar-refractivity contribution is 6.05. The van der Waals surface area contributed by atoms with Crippen molar-refractivity contribution in [3.8, 4) is 5.75 Å². The number of rotatable bonds is 6. The highest BCUT2D eigenvalue weighted by Gasteiger charge is 2.34. The van der Waals surface area contributed by atoms with E-state index in [1.165, 1.54) is 12.1 Å². The van der Waals surface area contributed by atoms with Gasteiger partial charge in [-0.1, -0.05) is 12.1 Å². The third-order valence-corrected chi connectivity index (χ3v) is 3.15. The molecule has 4 nitrogen and oxygen atoms in total. The fourth-order valence-electron chi connectivity index (χ4n) is 2.00. The molecule has 1 N–H and O–H groups in total. The standard InChI is InChI=1S/C17H16F3NO3/c1-23-10-11-24-13-8-6-12(7-9-13)21-16(22)14-4-2-3-5-15(14)17(18,19)20/h2-9H,10-11H2,1H3,(H,21,22). The van der Waals surface area contributed by atoms with Crippen LogP contribution in [0.15, 0.2) is 48.5 Å². The van der Waals surface area contributed by atoms with Gasteiger partial charge in [0.15, 0.2) is 0 Å². The van der Waals surface area contributed by atoms with Crippen LogP contribution in [0.1, 0.15) is 15.9 Å². The van der Waals surface area contributed by atoms with Crippen molar-refractivity contribution >= 4 is 11.6 Å². The van der Waals surface area contributed by atoms with Gasteiger partial charge in [0.1, 0.15) is 12.4 Å². The number of ether oxygens (including phenoxy) is 2. The van der Waals surface area contributed by atoms with E-state index in [2.05, 4.69) is 5.32 Å². The Labute approximate surface area is 137 Å². The van der Waals surface area contributed by atoms with Crippen LogP contribution in [-0.4, -0.2) is 26.2 Å². The number of methoxy groups -OCH3 is 1. The number of amides is 1. The maximum absolute atomic E-state index is 12.9. The van der Waals surface area contributed by atoms with Crippen molar-refractivity contribution in [2.24, 2.45) is 0 Å². The van der Waals surface area contributed by atoms with Crippen LogP contribution in [0.25, 0.3) is 0 Å². The molecule has 0 bridgehead atoms. The summed E-state index contributed by atoms with van der Waals surface area (Å²) in [6, 6.07) is 11.0. The Kier molecular flexibility index (Phi) is 5.81. The number of hydrogen-bond donors (Lipinski definition) is 1. The zero-order chi connectivity index (χ0) is 17.6. The third-order valence-electron chi connectivity index (χ3n) is 3.15. The smallest absolute Gasteiger partial charge is 0.417 e. The summed E-state index contributed by atoms with van der Waals surface area (Å²) in [5.74, 6) is -0.253. The summed E-state index contributed by atoms with van der Waals surface area (Å²) >= 11 is 0. The van der Waals surface area contributed by atoms with Gasteiger partial charge in [-0.15, -0.1) is 0 Å². The molecule has 2 aromatic carbocycles. The Hall–Kier alpha value is -2.54. The zero-order valence-corrected chi connectivity index (χ0v) is 12.9. The van der Waals surface area contributed by atoms with Crippen LogP contribution in [-0.2, 0) is 10.9 Å². The quantitative estimate of drug-likeness (QED) is 0.810. The molecular formula is C17H16F3NO3. The molecule has 2 rings (SSSR count). The molecule has 0 fully saturated rings. The van der Waals surface area contributed by atoms with Crippen molar-refractivity contribution in [1.82, 2.24) is 0 Å². The molecular weight excluding hydrogens is 323 g/mol. The summed E-state index contributed by atoms with van der Waals surface area (Å²) in [6.45, 7) is 0.813. The topological polar surface area (TPSA) is 47.6 Å². The average Bonchev–Trinajstić information content (AvgIpc) is 2.56. The Balaban J connectivity index is 2.08. The van der Waals surface area contributed by atoms with Gasteiger partial charge in [0, 0.05) is 12.8 Å². The predicted molar refractivity (Wildman–Crippen MR) is 83.2 cm³/mol. The summed E-state index contributed by atoms with van der Waals surface area (Å²) < 4.78 is 49.0. The molecule has 0 aliphatic rings. The number of hydrogen-bond acceptors (Lipinski definition) is 3. The maximum Gasteiger partial charge on any atom is 0.417 e. The van der Waals surface area contributed by atoms with E-state index in [0.717, 1.165) is 12.1 Å². The van der Waals surface area contributed by atoms with Crippen molar-refractivity contribution in [2.45, 2.75) is 6.18 Å². The number of carbonyl (C=O) groups is 1. The summed E-state index contributed by atoms with van der Waals surface area (Å²) in [5.41, 5.74) is -1.02. The molecule has 0 saturated carbocycles. The second-order valence-electron chi connectivity index (χ2n) is 4.86. The minimum atomic E-state index is -4.59. The number of halogens is 3. The Bertz CT molecular complexity index is 684. The van der Waals surface area contributed by atoms with E-state index in [1.54, 1.807) is 31.4 Å². The molecule has 2 aromatic rings. The van der Waals surface area contributed by atoms with E-state index in [-0.39, 0.29) is 0 Å². The zero-order valence-electron chi connectivity index (χ0n) is 12.9. The fraction of sp³-hybridized carbons (Fsp3) is 0.235. The fourth-order valence-corrected chi connectivity index (χ4v) is 2.00. The van der Waals surface area contributed by atoms with E-state index in [9.17, 15) is 18.0 Å². The van der Waals surface area contributed by atoms with Gasteiger partial charge in [0.2, 0.25) is 0 Å². The lowest BCUT2D eigenvalue weighted by molar-refractivity contribution is -0.137. The van der Waals surface area contributed by atoms with Crippen LogP contribution in [0.4, 0.5) is 18.9 Å². The number of anilines is 1. The summed E-state index contributed by atoms with van der Waals surface area (Å²) in [7, 11) is 1.56. The van der Waals surface area contributed by atoms with Gasteiger partial charge in [-0.05, 0) is 36.4 Å². The van der Waals surface area contributed by atoms with Crippen LogP contribution < -0.4 is 10.1 Å². The van der Waals surface area contributed by atoms with E-state index >= 15 is 0 Å². The highest BCUT2D eigenvalue weighted by Crippen LogP contribution is 2.32. The van der Waals surface area contributed by atoms with Crippen molar-refractivity contribution in [2.75, 3.05) is 25.6 Å². The lowest BCUT2D eigenvalue weighted by Gasteiger charge is -2.13. The molecule has 0 radical (unpaired) electrons. The third kappa shape index (κ3) is 4.73. The molecule has 0 unspecified atom stereocenters. The van der Waals surface area contributed by atoms with Gasteiger partial charge in [-0.25, -0.2) is 0 Å². The first kappa shape index (κ1) is 17.8. The molecule has 7 heteroatoms. The molecule has 24 heavy (non-hydrogen) atoms. The van der Waals surface area contributed by atoms with Crippen LogP contribution in [0, 0.1) is 0 Å². The van der Waals surface area contributed by atoms with Crippen molar-refractivity contribution in [1.29, 1.82) is 0 Å². The number of benzene rings is 2. The normalized spacial score (nSPS) is 11.2. The van der Waals surface area contributed by atoms with Gasteiger partial charge < -0.3 is 14.8 Å². The molecule has 0 atom stereocenters. The Morgan fingerprint density at radius 3 is 2.33 bits per heavy atom. The van der Waals surface area contributed by atoms with Gasteiger partial charge in [0.05, 0.1) is 17.7 Å². The molecule has 0 aliphatic carbocycles. The number of nitrogens with one attached hydrogen (secondary N) is 1. The van der Waals surface area contributed by atoms with Crippen molar-refractivity contribution in [3.05, 3.63) is 59.7 Å². The first-order valence-electron chi connectivity index (χ1n) is 7.11. The highest BCUT2D eigenvalue weighted by atomic mass is 19.4. The molecule has 0 aliphatic heterocycles. The monoisotopic (exact) mass is 339 g/mol. The molecule has 0 spiro atoms. The lowest BCUT2D eigenvalue weighted by Crippen LogP contribution is -2.18. The SMILES string of the molecule is COCCOc1ccc(NC(=O)c2ccccc2C(F)(F)F)cc1. The number of alkyl halides is 3. The average molecular weight is 339 g/mol. The molecule has 128 valence electrons. The molecule has 0 saturated heterocycles. The minimum Gasteiger partial charge on any atom is -0.491 e. The first-order valence-corrected chi connectivity index (χ1v) is 7.11. The largest absolute Gasteiger partial charge is 0.491 e. The predicted octanol–water partition coefficient (Wildman–Crippen LogP) is 3.98. The maximum atomic E-state index is 12.9. The molecule has 1 amide bonds. The van der Waals surface area contributed by atoms with Crippen LogP contribution >= 0.6 is 0 Å². The van der Waals surface area contributed by atoms with E-state index in [1.807, 2.05) is 0 Å². The second-order valence-corrected chi connectivity index (χ2v) is 4.86. The van der Waals surface area contributed by atoms with Crippen LogP contribution in [0.3, 0.4) is 0 Å². The Morgan fingerprint density at radius 2 is 1.71 bits per heavy atom. The minimum absolute atomic E-state index is 0.371. The summed E-state index contributed by atoms with van der Waals surface area (Å²) in [5, 5.41) is 2.45.